The molecule has 1 saturated heterocycles. The lowest BCUT2D eigenvalue weighted by Gasteiger charge is -2.35. The van der Waals surface area contributed by atoms with E-state index >= 15 is 0 Å². The largest absolute Gasteiger partial charge is 0.444 e. The zero-order valence-corrected chi connectivity index (χ0v) is 13.9. The molecule has 9 nitrogen and oxygen atoms in total. The van der Waals surface area contributed by atoms with Gasteiger partial charge in [0.05, 0.1) is 0 Å². The first-order valence-electron chi connectivity index (χ1n) is 7.51. The zero-order valence-electron chi connectivity index (χ0n) is 13.9. The molecule has 2 rings (SSSR count). The van der Waals surface area contributed by atoms with Crippen LogP contribution in [0, 0.1) is 0 Å². The van der Waals surface area contributed by atoms with E-state index in [1.807, 2.05) is 25.7 Å². The predicted octanol–water partition coefficient (Wildman–Crippen LogP) is 0.847. The molecule has 1 aromatic rings. The third-order valence-electron chi connectivity index (χ3n) is 3.22. The third kappa shape index (κ3) is 4.64. The van der Waals surface area contributed by atoms with Crippen LogP contribution >= 0.6 is 0 Å². The van der Waals surface area contributed by atoms with Gasteiger partial charge in [-0.1, -0.05) is 0 Å². The molecule has 1 amide bonds. The molecular formula is C15H20N4O5. The minimum Gasteiger partial charge on any atom is -0.444 e. The van der Waals surface area contributed by atoms with Crippen molar-refractivity contribution in [3.05, 3.63) is 18.0 Å². The second-order valence-corrected chi connectivity index (χ2v) is 6.20. The zero-order chi connectivity index (χ0) is 17.7. The molecule has 0 bridgehead atoms. The number of carbonyl (C=O) groups excluding carboxylic acids is 3. The smallest absolute Gasteiger partial charge is 0.410 e. The molecule has 0 radical (unpaired) electrons. The standard InChI is InChI=1S/C15H20N4O5/c1-15(2,3)24-14(22)19-8-6-18(7-9-19)13-16-5-4-11(17-13)12(21)23-10-20/h4-5,10H,6-9H2,1-3H3. The number of hydrogen-bond donors (Lipinski definition) is 0. The van der Waals surface area contributed by atoms with Gasteiger partial charge in [0.25, 0.3) is 0 Å². The highest BCUT2D eigenvalue weighted by Crippen LogP contribution is 2.15. The van der Waals surface area contributed by atoms with E-state index in [0.717, 1.165) is 0 Å². The number of hydrogen-bond acceptors (Lipinski definition) is 8. The van der Waals surface area contributed by atoms with Crippen molar-refractivity contribution in [1.29, 1.82) is 0 Å². The molecule has 1 aliphatic rings. The predicted molar refractivity (Wildman–Crippen MR) is 83.5 cm³/mol. The van der Waals surface area contributed by atoms with Crippen LogP contribution in [0.4, 0.5) is 10.7 Å². The summed E-state index contributed by atoms with van der Waals surface area (Å²) in [6.07, 6.45) is 1.07. The molecule has 1 fully saturated rings. The van der Waals surface area contributed by atoms with Crippen molar-refractivity contribution in [1.82, 2.24) is 14.9 Å². The molecule has 1 aromatic heterocycles. The first-order valence-corrected chi connectivity index (χ1v) is 7.51. The van der Waals surface area contributed by atoms with Gasteiger partial charge in [0.15, 0.2) is 5.69 Å². The van der Waals surface area contributed by atoms with Crippen molar-refractivity contribution in [2.75, 3.05) is 31.1 Å². The van der Waals surface area contributed by atoms with Gasteiger partial charge in [-0.25, -0.2) is 19.6 Å². The molecule has 0 N–H and O–H groups in total. The van der Waals surface area contributed by atoms with Crippen molar-refractivity contribution in [3.8, 4) is 0 Å². The van der Waals surface area contributed by atoms with Crippen LogP contribution in [0.15, 0.2) is 12.3 Å². The summed E-state index contributed by atoms with van der Waals surface area (Å²) in [5.74, 6) is -0.486. The van der Waals surface area contributed by atoms with E-state index in [2.05, 4.69) is 14.7 Å². The number of carbonyl (C=O) groups is 3. The third-order valence-corrected chi connectivity index (χ3v) is 3.22. The summed E-state index contributed by atoms with van der Waals surface area (Å²) in [5, 5.41) is 0. The molecular weight excluding hydrogens is 316 g/mol. The highest BCUT2D eigenvalue weighted by atomic mass is 16.6. The van der Waals surface area contributed by atoms with Gasteiger partial charge in [0.1, 0.15) is 5.60 Å². The Hall–Kier alpha value is -2.71. The molecule has 0 spiro atoms. The molecule has 130 valence electrons. The van der Waals surface area contributed by atoms with Crippen molar-refractivity contribution >= 4 is 24.5 Å². The summed E-state index contributed by atoms with van der Waals surface area (Å²) in [6, 6.07) is 1.37. The Bertz CT molecular complexity index is 621. The first kappa shape index (κ1) is 17.6. The Morgan fingerprint density at radius 2 is 1.88 bits per heavy atom. The highest BCUT2D eigenvalue weighted by Gasteiger charge is 2.27. The van der Waals surface area contributed by atoms with Gasteiger partial charge in [-0.3, -0.25) is 4.79 Å². The fraction of sp³-hybridized carbons (Fsp3) is 0.533. The van der Waals surface area contributed by atoms with Crippen molar-refractivity contribution in [2.45, 2.75) is 26.4 Å². The fourth-order valence-electron chi connectivity index (χ4n) is 2.13. The Kier molecular flexibility index (Phi) is 5.32. The molecule has 0 aromatic carbocycles. The molecule has 0 unspecified atom stereocenters. The summed E-state index contributed by atoms with van der Waals surface area (Å²) < 4.78 is 9.61. The van der Waals surface area contributed by atoms with Crippen LogP contribution in [0.2, 0.25) is 0 Å². The number of amides is 1. The number of nitrogens with zero attached hydrogens (tertiary/aromatic N) is 4. The van der Waals surface area contributed by atoms with E-state index in [-0.39, 0.29) is 18.3 Å². The SMILES string of the molecule is CC(C)(C)OC(=O)N1CCN(c2nccc(C(=O)OC=O)n2)CC1. The summed E-state index contributed by atoms with van der Waals surface area (Å²) in [7, 11) is 0. The number of piperazine rings is 1. The maximum Gasteiger partial charge on any atom is 0.410 e. The van der Waals surface area contributed by atoms with Gasteiger partial charge >= 0.3 is 18.5 Å². The van der Waals surface area contributed by atoms with Gasteiger partial charge in [-0.2, -0.15) is 0 Å². The van der Waals surface area contributed by atoms with E-state index in [1.54, 1.807) is 4.90 Å². The van der Waals surface area contributed by atoms with Crippen molar-refractivity contribution in [3.63, 3.8) is 0 Å². The Balaban J connectivity index is 1.97. The van der Waals surface area contributed by atoms with Crippen molar-refractivity contribution < 1.29 is 23.9 Å². The average Bonchev–Trinajstić information content (AvgIpc) is 2.54. The minimum atomic E-state index is -0.832. The van der Waals surface area contributed by atoms with Crippen LogP contribution in [-0.4, -0.2) is 65.2 Å². The molecule has 0 atom stereocenters. The van der Waals surface area contributed by atoms with Gasteiger partial charge in [-0.05, 0) is 26.8 Å². The Morgan fingerprint density at radius 1 is 1.21 bits per heavy atom. The summed E-state index contributed by atoms with van der Waals surface area (Å²) in [5.41, 5.74) is -0.536. The normalized spacial score (nSPS) is 15.0. The molecule has 2 heterocycles. The second kappa shape index (κ2) is 7.24. The van der Waals surface area contributed by atoms with E-state index in [9.17, 15) is 14.4 Å². The lowest BCUT2D eigenvalue weighted by Crippen LogP contribution is -2.50. The first-order chi connectivity index (χ1) is 11.3. The quantitative estimate of drug-likeness (QED) is 0.455. The van der Waals surface area contributed by atoms with Crippen LogP contribution in [0.3, 0.4) is 0 Å². The van der Waals surface area contributed by atoms with Gasteiger partial charge in [0.2, 0.25) is 5.95 Å². The van der Waals surface area contributed by atoms with Crippen LogP contribution in [0.25, 0.3) is 0 Å². The monoisotopic (exact) mass is 336 g/mol. The topological polar surface area (TPSA) is 102 Å². The summed E-state index contributed by atoms with van der Waals surface area (Å²) >= 11 is 0. The number of esters is 1. The molecule has 24 heavy (non-hydrogen) atoms. The maximum atomic E-state index is 12.0. The minimum absolute atomic E-state index is 0.00155. The summed E-state index contributed by atoms with van der Waals surface area (Å²) in [4.78, 5) is 45.5. The number of aromatic nitrogens is 2. The number of anilines is 1. The lowest BCUT2D eigenvalue weighted by atomic mass is 10.2. The summed E-state index contributed by atoms with van der Waals surface area (Å²) in [6.45, 7) is 7.44. The van der Waals surface area contributed by atoms with Gasteiger partial charge in [-0.15, -0.1) is 0 Å². The van der Waals surface area contributed by atoms with Crippen LogP contribution in [0.5, 0.6) is 0 Å². The Labute approximate surface area is 139 Å². The van der Waals surface area contributed by atoms with Crippen molar-refractivity contribution in [2.24, 2.45) is 0 Å². The molecule has 1 aliphatic heterocycles. The molecule has 0 saturated carbocycles. The van der Waals surface area contributed by atoms with E-state index < -0.39 is 11.6 Å². The number of ether oxygens (including phenoxy) is 2. The van der Waals surface area contributed by atoms with Crippen LogP contribution in [-0.2, 0) is 14.3 Å². The Morgan fingerprint density at radius 3 is 2.46 bits per heavy atom. The second-order valence-electron chi connectivity index (χ2n) is 6.20. The molecule has 0 aliphatic carbocycles. The molecule has 9 heteroatoms. The van der Waals surface area contributed by atoms with Crippen LogP contribution in [0.1, 0.15) is 31.3 Å². The average molecular weight is 336 g/mol. The van der Waals surface area contributed by atoms with E-state index in [0.29, 0.717) is 32.1 Å². The number of rotatable bonds is 3. The fourth-order valence-corrected chi connectivity index (χ4v) is 2.13. The maximum absolute atomic E-state index is 12.0. The van der Waals surface area contributed by atoms with E-state index in [4.69, 9.17) is 4.74 Å². The van der Waals surface area contributed by atoms with E-state index in [1.165, 1.54) is 12.3 Å². The highest BCUT2D eigenvalue weighted by molar-refractivity contribution is 5.91. The lowest BCUT2D eigenvalue weighted by molar-refractivity contribution is -0.123. The van der Waals surface area contributed by atoms with Gasteiger partial charge in [0, 0.05) is 32.4 Å². The van der Waals surface area contributed by atoms with Gasteiger partial charge < -0.3 is 19.3 Å². The van der Waals surface area contributed by atoms with Crippen LogP contribution < -0.4 is 4.90 Å².